The molecule has 1 amide bonds. The number of rotatable bonds is 10. The molecule has 0 aromatic heterocycles. The van der Waals surface area contributed by atoms with Gasteiger partial charge < -0.3 is 21.1 Å². The van der Waals surface area contributed by atoms with Gasteiger partial charge in [-0.2, -0.15) is 0 Å². The van der Waals surface area contributed by atoms with Crippen molar-refractivity contribution in [2.45, 2.75) is 46.0 Å². The number of ether oxygens (including phenoxy) is 1. The first-order valence-corrected chi connectivity index (χ1v) is 9.87. The lowest BCUT2D eigenvalue weighted by Crippen LogP contribution is -2.47. The number of nitrogens with two attached hydrogens (primary N) is 1. The maximum atomic E-state index is 10.7. The molecule has 0 atom stereocenters. The Morgan fingerprint density at radius 1 is 1.26 bits per heavy atom. The predicted octanol–water partition coefficient (Wildman–Crippen LogP) is 2.47. The van der Waals surface area contributed by atoms with Crippen LogP contribution in [-0.4, -0.2) is 38.6 Å². The van der Waals surface area contributed by atoms with E-state index in [0.29, 0.717) is 11.2 Å². The van der Waals surface area contributed by atoms with Gasteiger partial charge in [-0.1, -0.05) is 32.4 Å². The van der Waals surface area contributed by atoms with E-state index in [2.05, 4.69) is 29.5 Å². The molecule has 1 fully saturated rings. The SMILES string of the molecule is CN=C(NCCc1ccc(OCC(N)=O)cc1)NCC1(CC(C)C)CCC1. The number of nitrogens with one attached hydrogen (secondary N) is 2. The summed E-state index contributed by atoms with van der Waals surface area (Å²) in [5.74, 6) is 1.78. The molecule has 0 heterocycles. The summed E-state index contributed by atoms with van der Waals surface area (Å²) in [6.45, 7) is 6.31. The van der Waals surface area contributed by atoms with Crippen LogP contribution in [0.5, 0.6) is 5.75 Å². The third-order valence-electron chi connectivity index (χ3n) is 5.12. The van der Waals surface area contributed by atoms with E-state index < -0.39 is 5.91 Å². The zero-order valence-corrected chi connectivity index (χ0v) is 16.9. The topological polar surface area (TPSA) is 88.7 Å². The zero-order chi connectivity index (χ0) is 19.7. The molecule has 4 N–H and O–H groups in total. The van der Waals surface area contributed by atoms with Crippen molar-refractivity contribution in [1.82, 2.24) is 10.6 Å². The average Bonchev–Trinajstić information content (AvgIpc) is 2.60. The highest BCUT2D eigenvalue weighted by Crippen LogP contribution is 2.45. The molecule has 0 bridgehead atoms. The maximum absolute atomic E-state index is 10.7. The molecule has 1 saturated carbocycles. The quantitative estimate of drug-likeness (QED) is 0.434. The zero-order valence-electron chi connectivity index (χ0n) is 16.9. The fraction of sp³-hybridized carbons (Fsp3) is 0.619. The fourth-order valence-electron chi connectivity index (χ4n) is 3.72. The lowest BCUT2D eigenvalue weighted by atomic mass is 9.64. The Balaban J connectivity index is 1.72. The van der Waals surface area contributed by atoms with Crippen LogP contribution in [0.4, 0.5) is 0 Å². The summed E-state index contributed by atoms with van der Waals surface area (Å²) in [6.07, 6.45) is 6.15. The van der Waals surface area contributed by atoms with Gasteiger partial charge in [-0.15, -0.1) is 0 Å². The number of benzene rings is 1. The summed E-state index contributed by atoms with van der Waals surface area (Å²) in [4.78, 5) is 15.1. The standard InChI is InChI=1S/C21H34N4O2/c1-16(2)13-21(10-4-11-21)15-25-20(23-3)24-12-9-17-5-7-18(8-6-17)27-14-19(22)26/h5-8,16H,4,9-15H2,1-3H3,(H2,22,26)(H2,23,24,25). The Bertz CT molecular complexity index is 622. The predicted molar refractivity (Wildman–Crippen MR) is 110 cm³/mol. The van der Waals surface area contributed by atoms with Gasteiger partial charge in [0.15, 0.2) is 12.6 Å². The van der Waals surface area contributed by atoms with Crippen LogP contribution in [-0.2, 0) is 11.2 Å². The third-order valence-corrected chi connectivity index (χ3v) is 5.12. The second-order valence-electron chi connectivity index (χ2n) is 7.95. The summed E-state index contributed by atoms with van der Waals surface area (Å²) in [6, 6.07) is 7.72. The lowest BCUT2D eigenvalue weighted by Gasteiger charge is -2.43. The number of aliphatic imine (C=N–C) groups is 1. The second kappa shape index (κ2) is 10.2. The highest BCUT2D eigenvalue weighted by atomic mass is 16.5. The molecule has 1 aliphatic rings. The second-order valence-corrected chi connectivity index (χ2v) is 7.95. The Morgan fingerprint density at radius 3 is 2.48 bits per heavy atom. The van der Waals surface area contributed by atoms with Gasteiger partial charge in [0, 0.05) is 20.1 Å². The molecule has 0 saturated heterocycles. The van der Waals surface area contributed by atoms with Gasteiger partial charge in [-0.25, -0.2) is 0 Å². The van der Waals surface area contributed by atoms with Crippen molar-refractivity contribution in [3.8, 4) is 5.75 Å². The number of primary amides is 1. The molecule has 6 nitrogen and oxygen atoms in total. The summed E-state index contributed by atoms with van der Waals surface area (Å²) >= 11 is 0. The van der Waals surface area contributed by atoms with Gasteiger partial charge >= 0.3 is 0 Å². The number of guanidine groups is 1. The van der Waals surface area contributed by atoms with Crippen molar-refractivity contribution in [1.29, 1.82) is 0 Å². The summed E-state index contributed by atoms with van der Waals surface area (Å²) in [5.41, 5.74) is 6.72. The van der Waals surface area contributed by atoms with Crippen LogP contribution in [0.2, 0.25) is 0 Å². The maximum Gasteiger partial charge on any atom is 0.255 e. The van der Waals surface area contributed by atoms with Crippen molar-refractivity contribution in [3.05, 3.63) is 29.8 Å². The van der Waals surface area contributed by atoms with Gasteiger partial charge in [0.2, 0.25) is 0 Å². The van der Waals surface area contributed by atoms with Crippen LogP contribution >= 0.6 is 0 Å². The number of carbonyl (C=O) groups is 1. The number of nitrogens with zero attached hydrogens (tertiary/aromatic N) is 1. The van der Waals surface area contributed by atoms with Gasteiger partial charge in [0.25, 0.3) is 5.91 Å². The van der Waals surface area contributed by atoms with Crippen molar-refractivity contribution < 1.29 is 9.53 Å². The van der Waals surface area contributed by atoms with E-state index >= 15 is 0 Å². The minimum Gasteiger partial charge on any atom is -0.484 e. The van der Waals surface area contributed by atoms with E-state index in [1.54, 1.807) is 0 Å². The first kappa shape index (κ1) is 21.1. The monoisotopic (exact) mass is 374 g/mol. The van der Waals surface area contributed by atoms with Crippen molar-refractivity contribution in [3.63, 3.8) is 0 Å². The largest absolute Gasteiger partial charge is 0.484 e. The molecule has 6 heteroatoms. The summed E-state index contributed by atoms with van der Waals surface area (Å²) in [5, 5.41) is 6.91. The van der Waals surface area contributed by atoms with Crippen LogP contribution < -0.4 is 21.1 Å². The van der Waals surface area contributed by atoms with Gasteiger partial charge in [0.1, 0.15) is 5.75 Å². The Hall–Kier alpha value is -2.24. The molecule has 0 spiro atoms. The van der Waals surface area contributed by atoms with Crippen molar-refractivity contribution in [2.75, 3.05) is 26.7 Å². The van der Waals surface area contributed by atoms with Crippen LogP contribution in [0.1, 0.15) is 45.1 Å². The molecule has 0 aliphatic heterocycles. The molecule has 27 heavy (non-hydrogen) atoms. The van der Waals surface area contributed by atoms with Gasteiger partial charge in [-0.05, 0) is 54.7 Å². The fourth-order valence-corrected chi connectivity index (χ4v) is 3.72. The molecule has 0 radical (unpaired) electrons. The molecule has 2 rings (SSSR count). The highest BCUT2D eigenvalue weighted by Gasteiger charge is 2.37. The van der Waals surface area contributed by atoms with Gasteiger partial charge in [0.05, 0.1) is 0 Å². The van der Waals surface area contributed by atoms with E-state index in [1.807, 2.05) is 31.3 Å². The van der Waals surface area contributed by atoms with Crippen molar-refractivity contribution >= 4 is 11.9 Å². The van der Waals surface area contributed by atoms with Crippen LogP contribution in [0.15, 0.2) is 29.3 Å². The van der Waals surface area contributed by atoms with E-state index in [4.69, 9.17) is 10.5 Å². The molecule has 1 aromatic carbocycles. The Kier molecular flexibility index (Phi) is 7.95. The van der Waals surface area contributed by atoms with E-state index in [-0.39, 0.29) is 6.61 Å². The molecule has 1 aliphatic carbocycles. The highest BCUT2D eigenvalue weighted by molar-refractivity contribution is 5.79. The lowest BCUT2D eigenvalue weighted by molar-refractivity contribution is -0.119. The van der Waals surface area contributed by atoms with Crippen LogP contribution in [0, 0.1) is 11.3 Å². The molecular weight excluding hydrogens is 340 g/mol. The summed E-state index contributed by atoms with van der Waals surface area (Å²) < 4.78 is 5.27. The third kappa shape index (κ3) is 7.12. The minimum atomic E-state index is -0.473. The Labute approximate surface area is 163 Å². The number of carbonyl (C=O) groups excluding carboxylic acids is 1. The van der Waals surface area contributed by atoms with E-state index in [0.717, 1.165) is 31.4 Å². The van der Waals surface area contributed by atoms with Crippen LogP contribution in [0.25, 0.3) is 0 Å². The van der Waals surface area contributed by atoms with Crippen LogP contribution in [0.3, 0.4) is 0 Å². The number of hydrogen-bond acceptors (Lipinski definition) is 3. The molecular formula is C21H34N4O2. The van der Waals surface area contributed by atoms with Crippen molar-refractivity contribution in [2.24, 2.45) is 22.1 Å². The molecule has 0 unspecified atom stereocenters. The first-order chi connectivity index (χ1) is 12.9. The van der Waals surface area contributed by atoms with Gasteiger partial charge in [-0.3, -0.25) is 9.79 Å². The number of hydrogen-bond donors (Lipinski definition) is 3. The minimum absolute atomic E-state index is 0.0960. The Morgan fingerprint density at radius 2 is 1.96 bits per heavy atom. The summed E-state index contributed by atoms with van der Waals surface area (Å²) in [7, 11) is 1.82. The number of amides is 1. The van der Waals surface area contributed by atoms with E-state index in [9.17, 15) is 4.79 Å². The molecule has 150 valence electrons. The van der Waals surface area contributed by atoms with E-state index in [1.165, 1.54) is 31.2 Å². The smallest absolute Gasteiger partial charge is 0.255 e. The first-order valence-electron chi connectivity index (χ1n) is 9.87. The molecule has 1 aromatic rings. The average molecular weight is 375 g/mol. The normalized spacial score (nSPS) is 15.9.